The number of hydrogen-bond acceptors (Lipinski definition) is 12. The summed E-state index contributed by atoms with van der Waals surface area (Å²) in [7, 11) is 0. The first kappa shape index (κ1) is 19.0. The van der Waals surface area contributed by atoms with Crippen LogP contribution in [0.25, 0.3) is 0 Å². The molecule has 0 aromatic carbocycles. The standard InChI is InChI=1S/C14H22N6O6/c1-5(22)7(15)11(25)14(16)10-12(17-3-19-14)20(4-18-10)13-9(24)8(23)6(2-21)26-13/h3,5-9,13,21-24H,2,4,15-16H2,1H3/t5-,6-,7+,8-,9-,13-,14?/m1/s1. The lowest BCUT2D eigenvalue weighted by molar-refractivity contribution is -0.125. The Hall–Kier alpha value is -1.80. The summed E-state index contributed by atoms with van der Waals surface area (Å²) in [5.41, 5.74) is 9.93. The average molecular weight is 370 g/mol. The molecular formula is C14H22N6O6. The van der Waals surface area contributed by atoms with E-state index in [0.717, 1.165) is 6.34 Å². The zero-order valence-electron chi connectivity index (χ0n) is 14.0. The minimum Gasteiger partial charge on any atom is -0.394 e. The van der Waals surface area contributed by atoms with Gasteiger partial charge in [-0.15, -0.1) is 0 Å². The third kappa shape index (κ3) is 2.75. The molecule has 0 spiro atoms. The minimum atomic E-state index is -1.93. The topological polar surface area (TPSA) is 200 Å². The van der Waals surface area contributed by atoms with Crippen molar-refractivity contribution in [3.63, 3.8) is 0 Å². The highest BCUT2D eigenvalue weighted by Gasteiger charge is 2.53. The summed E-state index contributed by atoms with van der Waals surface area (Å²) in [4.78, 5) is 26.2. The predicted octanol–water partition coefficient (Wildman–Crippen LogP) is -4.49. The van der Waals surface area contributed by atoms with Crippen LogP contribution in [0.5, 0.6) is 0 Å². The largest absolute Gasteiger partial charge is 0.394 e. The molecule has 26 heavy (non-hydrogen) atoms. The van der Waals surface area contributed by atoms with Gasteiger partial charge in [0.15, 0.2) is 12.1 Å². The summed E-state index contributed by atoms with van der Waals surface area (Å²) in [6.45, 7) is 0.822. The molecule has 0 saturated carbocycles. The molecule has 3 aliphatic heterocycles. The fraction of sp³-hybridized carbons (Fsp3) is 0.714. The SMILES string of the molecule is C[C@@H](O)[C@H](N)C(=O)C1(N)N=CN=C2C1=NCN2[C@@H]1O[C@H](CO)[C@@H](O)[C@H]1O. The molecule has 0 bridgehead atoms. The number of Topliss-reactive ketones (excluding diaryl/α,β-unsaturated/α-hetero) is 1. The molecule has 3 heterocycles. The van der Waals surface area contributed by atoms with Gasteiger partial charge in [-0.25, -0.2) is 9.98 Å². The van der Waals surface area contributed by atoms with Gasteiger partial charge >= 0.3 is 0 Å². The van der Waals surface area contributed by atoms with E-state index in [0.29, 0.717) is 0 Å². The van der Waals surface area contributed by atoms with E-state index in [1.54, 1.807) is 0 Å². The molecule has 1 saturated heterocycles. The van der Waals surface area contributed by atoms with Crippen molar-refractivity contribution in [2.45, 2.75) is 49.3 Å². The van der Waals surface area contributed by atoms with Crippen LogP contribution in [0.4, 0.5) is 0 Å². The Morgan fingerprint density at radius 1 is 1.50 bits per heavy atom. The van der Waals surface area contributed by atoms with Gasteiger partial charge in [-0.1, -0.05) is 0 Å². The summed E-state index contributed by atoms with van der Waals surface area (Å²) in [6.07, 6.45) is -4.70. The van der Waals surface area contributed by atoms with Crippen LogP contribution in [0.1, 0.15) is 6.92 Å². The van der Waals surface area contributed by atoms with E-state index < -0.39 is 54.7 Å². The third-order valence-electron chi connectivity index (χ3n) is 4.69. The lowest BCUT2D eigenvalue weighted by Gasteiger charge is -2.33. The number of nitrogens with zero attached hydrogens (tertiary/aromatic N) is 4. The monoisotopic (exact) mass is 370 g/mol. The van der Waals surface area contributed by atoms with Crippen LogP contribution in [0, 0.1) is 0 Å². The van der Waals surface area contributed by atoms with Gasteiger partial charge in [0.1, 0.15) is 37.0 Å². The zero-order valence-corrected chi connectivity index (χ0v) is 14.0. The fourth-order valence-electron chi connectivity index (χ4n) is 3.07. The highest BCUT2D eigenvalue weighted by atomic mass is 16.6. The van der Waals surface area contributed by atoms with Crippen molar-refractivity contribution in [3.8, 4) is 0 Å². The Balaban J connectivity index is 1.86. The molecular weight excluding hydrogens is 348 g/mol. The van der Waals surface area contributed by atoms with Crippen LogP contribution in [0.15, 0.2) is 15.0 Å². The molecule has 0 radical (unpaired) electrons. The molecule has 1 fully saturated rings. The number of aliphatic hydroxyl groups is 4. The number of carbonyl (C=O) groups is 1. The number of amidine groups is 1. The van der Waals surface area contributed by atoms with Gasteiger partial charge in [-0.2, -0.15) is 0 Å². The minimum absolute atomic E-state index is 0.0267. The Morgan fingerprint density at radius 3 is 2.77 bits per heavy atom. The maximum Gasteiger partial charge on any atom is 0.216 e. The molecule has 0 aromatic heterocycles. The van der Waals surface area contributed by atoms with E-state index in [-0.39, 0.29) is 18.2 Å². The first-order chi connectivity index (χ1) is 12.2. The van der Waals surface area contributed by atoms with Gasteiger partial charge in [0, 0.05) is 0 Å². The zero-order chi connectivity index (χ0) is 19.2. The van der Waals surface area contributed by atoms with Crippen molar-refractivity contribution >= 4 is 23.7 Å². The molecule has 12 nitrogen and oxygen atoms in total. The van der Waals surface area contributed by atoms with Crippen molar-refractivity contribution in [1.82, 2.24) is 4.90 Å². The van der Waals surface area contributed by atoms with Gasteiger partial charge in [0.05, 0.1) is 18.8 Å². The first-order valence-electron chi connectivity index (χ1n) is 8.05. The van der Waals surface area contributed by atoms with Gasteiger partial charge in [-0.05, 0) is 6.92 Å². The fourth-order valence-corrected chi connectivity index (χ4v) is 3.07. The van der Waals surface area contributed by atoms with E-state index in [4.69, 9.17) is 16.2 Å². The molecule has 0 aromatic rings. The van der Waals surface area contributed by atoms with Crippen LogP contribution in [-0.2, 0) is 9.53 Å². The molecule has 144 valence electrons. The highest BCUT2D eigenvalue weighted by molar-refractivity contribution is 6.51. The number of rotatable bonds is 5. The van der Waals surface area contributed by atoms with Crippen molar-refractivity contribution in [2.75, 3.05) is 13.3 Å². The van der Waals surface area contributed by atoms with Crippen molar-refractivity contribution in [1.29, 1.82) is 0 Å². The molecule has 0 aliphatic carbocycles. The van der Waals surface area contributed by atoms with Crippen molar-refractivity contribution < 1.29 is 30.0 Å². The van der Waals surface area contributed by atoms with Gasteiger partial charge < -0.3 is 35.8 Å². The van der Waals surface area contributed by atoms with E-state index >= 15 is 0 Å². The van der Waals surface area contributed by atoms with E-state index in [2.05, 4.69) is 15.0 Å². The van der Waals surface area contributed by atoms with Crippen LogP contribution in [0.2, 0.25) is 0 Å². The summed E-state index contributed by atoms with van der Waals surface area (Å²) in [5, 5.41) is 38.9. The molecule has 1 unspecified atom stereocenters. The van der Waals surface area contributed by atoms with Crippen LogP contribution in [-0.4, -0.2) is 105 Å². The molecule has 0 amide bonds. The van der Waals surface area contributed by atoms with Crippen LogP contribution >= 0.6 is 0 Å². The molecule has 3 rings (SSSR count). The molecule has 12 heteroatoms. The van der Waals surface area contributed by atoms with E-state index in [1.165, 1.54) is 11.8 Å². The second-order valence-corrected chi connectivity index (χ2v) is 6.44. The second kappa shape index (κ2) is 6.74. The maximum absolute atomic E-state index is 12.6. The maximum atomic E-state index is 12.6. The van der Waals surface area contributed by atoms with Crippen molar-refractivity contribution in [2.24, 2.45) is 26.4 Å². The van der Waals surface area contributed by atoms with E-state index in [1.807, 2.05) is 0 Å². The second-order valence-electron chi connectivity index (χ2n) is 6.44. The Bertz CT molecular complexity index is 681. The van der Waals surface area contributed by atoms with E-state index in [9.17, 15) is 25.2 Å². The quantitative estimate of drug-likeness (QED) is 0.276. The number of fused-ring (bicyclic) bond motifs is 1. The number of ether oxygens (including phenoxy) is 1. The number of nitrogens with two attached hydrogens (primary N) is 2. The smallest absolute Gasteiger partial charge is 0.216 e. The number of carbonyl (C=O) groups excluding carboxylic acids is 1. The highest BCUT2D eigenvalue weighted by Crippen LogP contribution is 2.29. The third-order valence-corrected chi connectivity index (χ3v) is 4.69. The Morgan fingerprint density at radius 2 is 2.19 bits per heavy atom. The summed E-state index contributed by atoms with van der Waals surface area (Å²) >= 11 is 0. The van der Waals surface area contributed by atoms with Crippen LogP contribution in [0.3, 0.4) is 0 Å². The average Bonchev–Trinajstić information content (AvgIpc) is 3.16. The summed E-state index contributed by atoms with van der Waals surface area (Å²) in [5.74, 6) is -0.596. The lowest BCUT2D eigenvalue weighted by atomic mass is 9.91. The number of ketones is 1. The number of aliphatic hydroxyl groups excluding tert-OH is 4. The molecule has 8 N–H and O–H groups in total. The van der Waals surface area contributed by atoms with Gasteiger partial charge in [0.25, 0.3) is 0 Å². The Labute approximate surface area is 148 Å². The normalized spacial score (nSPS) is 38.7. The first-order valence-corrected chi connectivity index (χ1v) is 8.05. The Kier molecular flexibility index (Phi) is 4.92. The number of hydrogen-bond donors (Lipinski definition) is 6. The summed E-state index contributed by atoms with van der Waals surface area (Å²) in [6, 6.07) is -1.28. The molecule has 7 atom stereocenters. The van der Waals surface area contributed by atoms with Crippen LogP contribution < -0.4 is 11.5 Å². The predicted molar refractivity (Wildman–Crippen MR) is 89.4 cm³/mol. The number of aliphatic imine (C=N–C) groups is 3. The van der Waals surface area contributed by atoms with Gasteiger partial charge in [0.2, 0.25) is 11.4 Å². The van der Waals surface area contributed by atoms with Crippen molar-refractivity contribution in [3.05, 3.63) is 0 Å². The lowest BCUT2D eigenvalue weighted by Crippen LogP contribution is -2.64. The van der Waals surface area contributed by atoms with Gasteiger partial charge in [-0.3, -0.25) is 15.5 Å². The molecule has 3 aliphatic rings. The summed E-state index contributed by atoms with van der Waals surface area (Å²) < 4.78 is 5.47.